The number of aromatic nitrogens is 3. The maximum atomic E-state index is 9.26. The predicted molar refractivity (Wildman–Crippen MR) is 50.9 cm³/mol. The van der Waals surface area contributed by atoms with Crippen molar-refractivity contribution in [2.75, 3.05) is 0 Å². The van der Waals surface area contributed by atoms with E-state index in [0.717, 1.165) is 11.3 Å². The van der Waals surface area contributed by atoms with E-state index in [4.69, 9.17) is 5.73 Å². The molecule has 0 saturated carbocycles. The van der Waals surface area contributed by atoms with E-state index in [1.807, 2.05) is 0 Å². The van der Waals surface area contributed by atoms with Crippen LogP contribution in [0.3, 0.4) is 0 Å². The van der Waals surface area contributed by atoms with Gasteiger partial charge >= 0.3 is 0 Å². The standard InChI is InChI=1S/C9H10N4O/c10-6-7-5-8(14)1-2-9(7)13-11-3-4-12-13/h1-5,14H,6,10H2. The van der Waals surface area contributed by atoms with Gasteiger partial charge < -0.3 is 10.8 Å². The van der Waals surface area contributed by atoms with Crippen molar-refractivity contribution in [2.45, 2.75) is 6.54 Å². The quantitative estimate of drug-likeness (QED) is 0.720. The molecule has 5 nitrogen and oxygen atoms in total. The first-order valence-corrected chi connectivity index (χ1v) is 4.20. The largest absolute Gasteiger partial charge is 0.508 e. The zero-order valence-corrected chi connectivity index (χ0v) is 7.46. The minimum Gasteiger partial charge on any atom is -0.508 e. The van der Waals surface area contributed by atoms with Gasteiger partial charge in [0.2, 0.25) is 0 Å². The van der Waals surface area contributed by atoms with E-state index in [-0.39, 0.29) is 5.75 Å². The van der Waals surface area contributed by atoms with Crippen LogP contribution in [0.25, 0.3) is 5.69 Å². The average molecular weight is 190 g/mol. The third-order valence-electron chi connectivity index (χ3n) is 1.92. The summed E-state index contributed by atoms with van der Waals surface area (Å²) in [6, 6.07) is 4.92. The lowest BCUT2D eigenvalue weighted by atomic mass is 10.2. The number of benzene rings is 1. The highest BCUT2D eigenvalue weighted by Gasteiger charge is 2.05. The van der Waals surface area contributed by atoms with Crippen LogP contribution in [0.2, 0.25) is 0 Å². The van der Waals surface area contributed by atoms with E-state index in [0.29, 0.717) is 6.54 Å². The summed E-state index contributed by atoms with van der Waals surface area (Å²) in [6.07, 6.45) is 3.18. The van der Waals surface area contributed by atoms with Gasteiger partial charge in [0.15, 0.2) is 0 Å². The van der Waals surface area contributed by atoms with Gasteiger partial charge in [-0.15, -0.1) is 0 Å². The number of phenolic OH excluding ortho intramolecular Hbond substituents is 1. The average Bonchev–Trinajstić information content (AvgIpc) is 2.70. The molecule has 2 rings (SSSR count). The Hall–Kier alpha value is -1.88. The molecule has 0 aliphatic rings. The Bertz CT molecular complexity index is 424. The van der Waals surface area contributed by atoms with Gasteiger partial charge in [-0.05, 0) is 23.8 Å². The van der Waals surface area contributed by atoms with Crippen molar-refractivity contribution in [3.05, 3.63) is 36.2 Å². The molecule has 0 atom stereocenters. The molecule has 0 unspecified atom stereocenters. The normalized spacial score (nSPS) is 10.4. The predicted octanol–water partition coefficient (Wildman–Crippen LogP) is 0.432. The molecule has 0 aliphatic heterocycles. The molecule has 0 aliphatic carbocycles. The molecule has 0 spiro atoms. The number of phenols is 1. The van der Waals surface area contributed by atoms with Crippen LogP contribution in [0.4, 0.5) is 0 Å². The lowest BCUT2D eigenvalue weighted by molar-refractivity contribution is 0.474. The number of hydrogen-bond donors (Lipinski definition) is 2. The molecule has 0 amide bonds. The van der Waals surface area contributed by atoms with E-state index >= 15 is 0 Å². The van der Waals surface area contributed by atoms with Crippen LogP contribution in [0.1, 0.15) is 5.56 Å². The lowest BCUT2D eigenvalue weighted by Crippen LogP contribution is -2.06. The SMILES string of the molecule is NCc1cc(O)ccc1-n1nccn1. The third-order valence-corrected chi connectivity index (χ3v) is 1.92. The van der Waals surface area contributed by atoms with Crippen molar-refractivity contribution in [1.82, 2.24) is 15.0 Å². The summed E-state index contributed by atoms with van der Waals surface area (Å²) in [5.41, 5.74) is 7.14. The molecule has 3 N–H and O–H groups in total. The van der Waals surface area contributed by atoms with E-state index in [1.165, 1.54) is 4.80 Å². The van der Waals surface area contributed by atoms with E-state index in [2.05, 4.69) is 10.2 Å². The van der Waals surface area contributed by atoms with E-state index in [1.54, 1.807) is 30.6 Å². The fourth-order valence-corrected chi connectivity index (χ4v) is 1.27. The lowest BCUT2D eigenvalue weighted by Gasteiger charge is -2.06. The minimum atomic E-state index is 0.196. The minimum absolute atomic E-state index is 0.196. The van der Waals surface area contributed by atoms with E-state index in [9.17, 15) is 5.11 Å². The smallest absolute Gasteiger partial charge is 0.116 e. The zero-order valence-electron chi connectivity index (χ0n) is 7.46. The number of rotatable bonds is 2. The van der Waals surface area contributed by atoms with Gasteiger partial charge in [-0.1, -0.05) is 0 Å². The van der Waals surface area contributed by atoms with Crippen molar-refractivity contribution >= 4 is 0 Å². The second-order valence-electron chi connectivity index (χ2n) is 2.84. The first-order valence-electron chi connectivity index (χ1n) is 4.20. The molecule has 0 radical (unpaired) electrons. The van der Waals surface area contributed by atoms with Gasteiger partial charge in [0.25, 0.3) is 0 Å². The summed E-state index contributed by atoms with van der Waals surface area (Å²) in [5, 5.41) is 17.2. The molecule has 14 heavy (non-hydrogen) atoms. The van der Waals surface area contributed by atoms with Crippen LogP contribution in [0.15, 0.2) is 30.6 Å². The highest BCUT2D eigenvalue weighted by Crippen LogP contribution is 2.18. The van der Waals surface area contributed by atoms with Crippen molar-refractivity contribution in [3.63, 3.8) is 0 Å². The Morgan fingerprint density at radius 1 is 1.29 bits per heavy atom. The molecule has 1 heterocycles. The Morgan fingerprint density at radius 3 is 2.64 bits per heavy atom. The first-order chi connectivity index (χ1) is 6.81. The van der Waals surface area contributed by atoms with Gasteiger partial charge in [-0.2, -0.15) is 15.0 Å². The maximum absolute atomic E-state index is 9.26. The van der Waals surface area contributed by atoms with Crippen molar-refractivity contribution < 1.29 is 5.11 Å². The molecule has 0 saturated heterocycles. The number of hydrogen-bond acceptors (Lipinski definition) is 4. The van der Waals surface area contributed by atoms with Crippen LogP contribution in [0, 0.1) is 0 Å². The molecule has 0 fully saturated rings. The first kappa shape index (κ1) is 8.71. The summed E-state index contributed by atoms with van der Waals surface area (Å²) in [7, 11) is 0. The summed E-state index contributed by atoms with van der Waals surface area (Å²) < 4.78 is 0. The summed E-state index contributed by atoms with van der Waals surface area (Å²) in [4.78, 5) is 1.47. The fraction of sp³-hybridized carbons (Fsp3) is 0.111. The third kappa shape index (κ3) is 1.45. The maximum Gasteiger partial charge on any atom is 0.116 e. The Kier molecular flexibility index (Phi) is 2.16. The van der Waals surface area contributed by atoms with Gasteiger partial charge in [0.05, 0.1) is 18.1 Å². The van der Waals surface area contributed by atoms with Crippen LogP contribution in [-0.4, -0.2) is 20.1 Å². The molecular formula is C9H10N4O. The van der Waals surface area contributed by atoms with Gasteiger partial charge in [-0.3, -0.25) is 0 Å². The molecule has 72 valence electrons. The van der Waals surface area contributed by atoms with Gasteiger partial charge in [-0.25, -0.2) is 0 Å². The fourth-order valence-electron chi connectivity index (χ4n) is 1.27. The molecule has 5 heteroatoms. The van der Waals surface area contributed by atoms with Crippen molar-refractivity contribution in [2.24, 2.45) is 5.73 Å². The Labute approximate surface area is 80.8 Å². The second-order valence-corrected chi connectivity index (χ2v) is 2.84. The summed E-state index contributed by atoms with van der Waals surface area (Å²) >= 11 is 0. The van der Waals surface area contributed by atoms with Crippen molar-refractivity contribution in [1.29, 1.82) is 0 Å². The topological polar surface area (TPSA) is 77.0 Å². The molecule has 1 aromatic carbocycles. The highest BCUT2D eigenvalue weighted by molar-refractivity contribution is 5.43. The van der Waals surface area contributed by atoms with Crippen LogP contribution in [-0.2, 0) is 6.54 Å². The molecular weight excluding hydrogens is 180 g/mol. The van der Waals surface area contributed by atoms with Gasteiger partial charge in [0, 0.05) is 6.54 Å². The highest BCUT2D eigenvalue weighted by atomic mass is 16.3. The molecule has 2 aromatic rings. The summed E-state index contributed by atoms with van der Waals surface area (Å²) in [5.74, 6) is 0.196. The molecule has 1 aromatic heterocycles. The van der Waals surface area contributed by atoms with Crippen molar-refractivity contribution in [3.8, 4) is 11.4 Å². The second kappa shape index (κ2) is 3.47. The Morgan fingerprint density at radius 2 is 2.00 bits per heavy atom. The van der Waals surface area contributed by atoms with Crippen LogP contribution < -0.4 is 5.73 Å². The number of nitrogens with two attached hydrogens (primary N) is 1. The Balaban J connectivity index is 2.53. The van der Waals surface area contributed by atoms with Crippen LogP contribution >= 0.6 is 0 Å². The number of nitrogens with zero attached hydrogens (tertiary/aromatic N) is 3. The zero-order chi connectivity index (χ0) is 9.97. The molecule has 0 bridgehead atoms. The van der Waals surface area contributed by atoms with Crippen LogP contribution in [0.5, 0.6) is 5.75 Å². The van der Waals surface area contributed by atoms with Gasteiger partial charge in [0.1, 0.15) is 5.75 Å². The van der Waals surface area contributed by atoms with E-state index < -0.39 is 0 Å². The number of aromatic hydroxyl groups is 1. The summed E-state index contributed by atoms with van der Waals surface area (Å²) in [6.45, 7) is 0.339. The monoisotopic (exact) mass is 190 g/mol.